The fourth-order valence-corrected chi connectivity index (χ4v) is 7.72. The zero-order valence-electron chi connectivity index (χ0n) is 43.0. The molecule has 0 spiro atoms. The SMILES string of the molecule is CCCC/C=C\CCCCCCCC(=O)OC[C@H](COC(=O)CCCCCCCC/C=C\C/C=C\C/C=C\CCCCC)OC(=O)CCCCCCCCC/C=C\CCCCCCCC. The van der Waals surface area contributed by atoms with Crippen LogP contribution >= 0.6 is 0 Å². The zero-order valence-corrected chi connectivity index (χ0v) is 43.0. The van der Waals surface area contributed by atoms with Crippen LogP contribution in [-0.4, -0.2) is 37.2 Å². The van der Waals surface area contributed by atoms with Gasteiger partial charge in [0.2, 0.25) is 0 Å². The van der Waals surface area contributed by atoms with Crippen molar-refractivity contribution in [2.75, 3.05) is 13.2 Å². The standard InChI is InChI=1S/C59H104O6/c1-4-7-10-13-16-19-22-24-26-28-29-31-32-34-37-40-43-46-49-52-58(61)64-55-56(54-63-57(60)51-48-45-42-39-36-21-18-15-12-9-6-3)65-59(62)53-50-47-44-41-38-35-33-30-27-25-23-20-17-14-11-8-5-2/h15-16,18-19,24-27,29,31,56H,4-14,17,20-23,28,30,32-55H2,1-3H3/b18-15-,19-16-,26-24-,27-25-,31-29-/t56-/m1/s1. The maximum atomic E-state index is 12.8. The highest BCUT2D eigenvalue weighted by Crippen LogP contribution is 2.15. The van der Waals surface area contributed by atoms with E-state index in [0.29, 0.717) is 19.3 Å². The van der Waals surface area contributed by atoms with E-state index in [1.165, 1.54) is 154 Å². The molecular weight excluding hydrogens is 805 g/mol. The molecule has 0 saturated carbocycles. The summed E-state index contributed by atoms with van der Waals surface area (Å²) < 4.78 is 16.8. The van der Waals surface area contributed by atoms with Crippen molar-refractivity contribution >= 4 is 17.9 Å². The second-order valence-electron chi connectivity index (χ2n) is 18.5. The van der Waals surface area contributed by atoms with Crippen LogP contribution in [0.25, 0.3) is 0 Å². The Balaban J connectivity index is 4.37. The summed E-state index contributed by atoms with van der Waals surface area (Å²) in [7, 11) is 0. The van der Waals surface area contributed by atoms with E-state index in [9.17, 15) is 14.4 Å². The van der Waals surface area contributed by atoms with Crippen molar-refractivity contribution < 1.29 is 28.6 Å². The molecule has 0 aliphatic carbocycles. The van der Waals surface area contributed by atoms with Gasteiger partial charge >= 0.3 is 17.9 Å². The number of allylic oxidation sites excluding steroid dienone is 10. The molecular formula is C59H104O6. The third-order valence-electron chi connectivity index (χ3n) is 12.0. The van der Waals surface area contributed by atoms with Gasteiger partial charge in [-0.25, -0.2) is 0 Å². The summed E-state index contributed by atoms with van der Waals surface area (Å²) >= 11 is 0. The molecule has 0 aromatic heterocycles. The highest BCUT2D eigenvalue weighted by Gasteiger charge is 2.19. The second kappa shape index (κ2) is 53.7. The molecule has 0 N–H and O–H groups in total. The first-order valence-electron chi connectivity index (χ1n) is 27.8. The predicted octanol–water partition coefficient (Wildman–Crippen LogP) is 18.4. The Labute approximate surface area is 402 Å². The molecule has 0 fully saturated rings. The number of carbonyl (C=O) groups excluding carboxylic acids is 3. The molecule has 0 aliphatic heterocycles. The maximum absolute atomic E-state index is 12.8. The van der Waals surface area contributed by atoms with Gasteiger partial charge in [0.25, 0.3) is 0 Å². The monoisotopic (exact) mass is 909 g/mol. The van der Waals surface area contributed by atoms with Crippen molar-refractivity contribution in [3.8, 4) is 0 Å². The summed E-state index contributed by atoms with van der Waals surface area (Å²) in [5.41, 5.74) is 0. The van der Waals surface area contributed by atoms with Crippen molar-refractivity contribution in [2.45, 2.75) is 284 Å². The molecule has 6 nitrogen and oxygen atoms in total. The Hall–Kier alpha value is -2.89. The molecule has 376 valence electrons. The third-order valence-corrected chi connectivity index (χ3v) is 12.0. The molecule has 0 bridgehead atoms. The number of carbonyl (C=O) groups is 3. The fraction of sp³-hybridized carbons (Fsp3) is 0.780. The summed E-state index contributed by atoms with van der Waals surface area (Å²) in [6.07, 6.45) is 66.3. The Bertz CT molecular complexity index is 1180. The van der Waals surface area contributed by atoms with Crippen LogP contribution in [0.3, 0.4) is 0 Å². The number of hydrogen-bond donors (Lipinski definition) is 0. The summed E-state index contributed by atoms with van der Waals surface area (Å²) in [5.74, 6) is -0.903. The zero-order chi connectivity index (χ0) is 47.2. The number of rotatable bonds is 50. The van der Waals surface area contributed by atoms with E-state index >= 15 is 0 Å². The molecule has 0 aromatic rings. The van der Waals surface area contributed by atoms with Crippen LogP contribution in [0.4, 0.5) is 0 Å². The highest BCUT2D eigenvalue weighted by atomic mass is 16.6. The van der Waals surface area contributed by atoms with Crippen LogP contribution in [0.5, 0.6) is 0 Å². The van der Waals surface area contributed by atoms with Crippen molar-refractivity contribution in [2.24, 2.45) is 0 Å². The fourth-order valence-electron chi connectivity index (χ4n) is 7.72. The van der Waals surface area contributed by atoms with E-state index in [0.717, 1.165) is 83.5 Å². The largest absolute Gasteiger partial charge is 0.462 e. The van der Waals surface area contributed by atoms with Crippen molar-refractivity contribution in [1.29, 1.82) is 0 Å². The van der Waals surface area contributed by atoms with Gasteiger partial charge in [-0.05, 0) is 103 Å². The van der Waals surface area contributed by atoms with Gasteiger partial charge in [0.15, 0.2) is 6.10 Å². The lowest BCUT2D eigenvalue weighted by Gasteiger charge is -2.18. The Morgan fingerprint density at radius 3 is 0.954 bits per heavy atom. The Kier molecular flexibility index (Phi) is 51.3. The van der Waals surface area contributed by atoms with Crippen molar-refractivity contribution in [3.63, 3.8) is 0 Å². The minimum Gasteiger partial charge on any atom is -0.462 e. The summed E-state index contributed by atoms with van der Waals surface area (Å²) in [6, 6.07) is 0. The van der Waals surface area contributed by atoms with Crippen molar-refractivity contribution in [3.05, 3.63) is 60.8 Å². The van der Waals surface area contributed by atoms with Gasteiger partial charge in [-0.2, -0.15) is 0 Å². The van der Waals surface area contributed by atoms with Gasteiger partial charge in [-0.1, -0.05) is 216 Å². The first kappa shape index (κ1) is 62.1. The second-order valence-corrected chi connectivity index (χ2v) is 18.5. The van der Waals surface area contributed by atoms with Gasteiger partial charge in [0, 0.05) is 19.3 Å². The third kappa shape index (κ3) is 51.9. The molecule has 0 amide bonds. The number of ether oxygens (including phenoxy) is 3. The highest BCUT2D eigenvalue weighted by molar-refractivity contribution is 5.71. The molecule has 0 unspecified atom stereocenters. The van der Waals surface area contributed by atoms with Gasteiger partial charge in [-0.3, -0.25) is 14.4 Å². The van der Waals surface area contributed by atoms with Gasteiger partial charge in [0.05, 0.1) is 0 Å². The molecule has 0 heterocycles. The number of hydrogen-bond acceptors (Lipinski definition) is 6. The minimum absolute atomic E-state index is 0.0841. The molecule has 0 radical (unpaired) electrons. The molecule has 1 atom stereocenters. The summed E-state index contributed by atoms with van der Waals surface area (Å²) in [6.45, 7) is 6.56. The first-order valence-corrected chi connectivity index (χ1v) is 27.8. The van der Waals surface area contributed by atoms with Crippen LogP contribution in [-0.2, 0) is 28.6 Å². The van der Waals surface area contributed by atoms with Gasteiger partial charge in [-0.15, -0.1) is 0 Å². The Morgan fingerprint density at radius 1 is 0.308 bits per heavy atom. The summed E-state index contributed by atoms with van der Waals surface area (Å²) in [4.78, 5) is 38.0. The van der Waals surface area contributed by atoms with Crippen LogP contribution in [0.1, 0.15) is 278 Å². The average Bonchev–Trinajstić information content (AvgIpc) is 3.30. The Morgan fingerprint density at radius 2 is 0.569 bits per heavy atom. The van der Waals surface area contributed by atoms with Crippen LogP contribution in [0, 0.1) is 0 Å². The topological polar surface area (TPSA) is 78.9 Å². The molecule has 0 aliphatic rings. The normalized spacial score (nSPS) is 12.5. The van der Waals surface area contributed by atoms with Crippen molar-refractivity contribution in [1.82, 2.24) is 0 Å². The lowest BCUT2D eigenvalue weighted by Crippen LogP contribution is -2.30. The summed E-state index contributed by atoms with van der Waals surface area (Å²) in [5, 5.41) is 0. The van der Waals surface area contributed by atoms with E-state index in [4.69, 9.17) is 14.2 Å². The van der Waals surface area contributed by atoms with Gasteiger partial charge < -0.3 is 14.2 Å². The van der Waals surface area contributed by atoms with Crippen LogP contribution in [0.2, 0.25) is 0 Å². The van der Waals surface area contributed by atoms with E-state index in [-0.39, 0.29) is 31.1 Å². The molecule has 0 aromatic carbocycles. The molecule has 6 heteroatoms. The van der Waals surface area contributed by atoms with Crippen LogP contribution in [0.15, 0.2) is 60.8 Å². The molecule has 0 rings (SSSR count). The number of esters is 3. The minimum atomic E-state index is -0.784. The molecule has 0 saturated heterocycles. The van der Waals surface area contributed by atoms with E-state index < -0.39 is 6.10 Å². The maximum Gasteiger partial charge on any atom is 0.306 e. The number of unbranched alkanes of at least 4 members (excludes halogenated alkanes) is 29. The smallest absolute Gasteiger partial charge is 0.306 e. The lowest BCUT2D eigenvalue weighted by atomic mass is 10.1. The lowest BCUT2D eigenvalue weighted by molar-refractivity contribution is -0.167. The van der Waals surface area contributed by atoms with E-state index in [1.807, 2.05) is 0 Å². The molecule has 65 heavy (non-hydrogen) atoms. The van der Waals surface area contributed by atoms with Gasteiger partial charge in [0.1, 0.15) is 13.2 Å². The first-order chi connectivity index (χ1) is 32.0. The van der Waals surface area contributed by atoms with E-state index in [1.54, 1.807) is 0 Å². The average molecular weight is 909 g/mol. The van der Waals surface area contributed by atoms with E-state index in [2.05, 4.69) is 81.5 Å². The quantitative estimate of drug-likeness (QED) is 0.0262. The predicted molar refractivity (Wildman–Crippen MR) is 279 cm³/mol. The van der Waals surface area contributed by atoms with Crippen LogP contribution < -0.4 is 0 Å².